The molecule has 0 unspecified atom stereocenters. The first kappa shape index (κ1) is 50.2. The number of amides is 6. The van der Waals surface area contributed by atoms with Crippen LogP contribution >= 0.6 is 11.6 Å². The Morgan fingerprint density at radius 1 is 0.721 bits per heavy atom. The molecule has 5 N–H and O–H groups in total. The molecule has 1 heterocycles. The van der Waals surface area contributed by atoms with Crippen molar-refractivity contribution < 1.29 is 40.8 Å². The van der Waals surface area contributed by atoms with Crippen LogP contribution in [0.1, 0.15) is 29.5 Å². The first-order valence-corrected chi connectivity index (χ1v) is 24.2. The van der Waals surface area contributed by atoms with E-state index in [0.717, 1.165) is 15.2 Å². The van der Waals surface area contributed by atoms with Crippen LogP contribution in [0.15, 0.2) is 140 Å². The molecule has 68 heavy (non-hydrogen) atoms. The average Bonchev–Trinajstić information content (AvgIpc) is 3.32. The summed E-state index contributed by atoms with van der Waals surface area (Å²) >= 11 is 6.89. The quantitative estimate of drug-likeness (QED) is 0.0681. The van der Waals surface area contributed by atoms with Gasteiger partial charge in [0.2, 0.25) is 5.91 Å². The van der Waals surface area contributed by atoms with Crippen LogP contribution < -0.4 is 39.3 Å². The molecular formula is C47H50ClN9O9S2. The van der Waals surface area contributed by atoms with Crippen molar-refractivity contribution >= 4 is 83.9 Å². The smallest absolute Gasteiger partial charge is 0.330 e. The molecule has 6 rings (SSSR count). The maximum atomic E-state index is 14.9. The Hall–Kier alpha value is -7.26. The largest absolute Gasteiger partial charge is 0.497 e. The molecular weight excluding hydrogens is 934 g/mol. The number of nitrogens with zero attached hydrogens (tertiary/aromatic N) is 4. The molecule has 0 saturated heterocycles. The van der Waals surface area contributed by atoms with Crippen LogP contribution in [0.5, 0.6) is 5.75 Å². The maximum absolute atomic E-state index is 14.9. The number of benzene rings is 5. The van der Waals surface area contributed by atoms with Gasteiger partial charge in [-0.05, 0) is 71.3 Å². The van der Waals surface area contributed by atoms with Gasteiger partial charge in [-0.2, -0.15) is 21.1 Å². The minimum absolute atomic E-state index is 0.0255. The van der Waals surface area contributed by atoms with Crippen LogP contribution in [-0.4, -0.2) is 90.3 Å². The number of hydrogen-bond acceptors (Lipinski definition) is 10. The first-order valence-electron chi connectivity index (χ1n) is 20.9. The van der Waals surface area contributed by atoms with Gasteiger partial charge in [-0.1, -0.05) is 97.4 Å². The highest BCUT2D eigenvalue weighted by Gasteiger charge is 2.35. The molecule has 3 atom stereocenters. The predicted octanol–water partition coefficient (Wildman–Crippen LogP) is 5.94. The lowest BCUT2D eigenvalue weighted by Gasteiger charge is -2.32. The molecule has 0 bridgehead atoms. The summed E-state index contributed by atoms with van der Waals surface area (Å²) in [4.78, 5) is 62.6. The first-order chi connectivity index (χ1) is 32.4. The molecule has 0 saturated carbocycles. The highest BCUT2D eigenvalue weighted by molar-refractivity contribution is 7.91. The van der Waals surface area contributed by atoms with Crippen molar-refractivity contribution in [1.82, 2.24) is 29.4 Å². The molecule has 1 aromatic heterocycles. The number of rotatable bonds is 18. The molecule has 0 aliphatic heterocycles. The van der Waals surface area contributed by atoms with E-state index in [1.54, 1.807) is 135 Å². The Kier molecular flexibility index (Phi) is 16.2. The fraction of sp³-hybridized carbons (Fsp3) is 0.213. The molecule has 6 aromatic rings. The number of anilines is 3. The van der Waals surface area contributed by atoms with Gasteiger partial charge in [0.1, 0.15) is 17.8 Å². The van der Waals surface area contributed by atoms with E-state index in [1.165, 1.54) is 43.1 Å². The van der Waals surface area contributed by atoms with Gasteiger partial charge in [-0.15, -0.1) is 0 Å². The Balaban J connectivity index is 1.25. The number of hydrogen-bond donors (Lipinski definition) is 5. The van der Waals surface area contributed by atoms with Crippen molar-refractivity contribution in [1.29, 1.82) is 0 Å². The number of ether oxygens (including phenoxy) is 1. The van der Waals surface area contributed by atoms with Crippen molar-refractivity contribution in [2.24, 2.45) is 0 Å². The molecule has 6 amide bonds. The summed E-state index contributed by atoms with van der Waals surface area (Å²) < 4.78 is 64.6. The third-order valence-electron chi connectivity index (χ3n) is 10.8. The third kappa shape index (κ3) is 12.8. The SMILES string of the molecule is COc1ccc(N(Cc2cccc(NS(=O)(=O)NC(=O)N[C@@H](Cc3ccccc3)C(=O)N(C)c3ccc4ncccc4c3)c2Cl)C(=O)[C@@H](NC(=O)NS(=O)(=O)N(C)C)[C@H](C)c2ccccc2)cc1. The summed E-state index contributed by atoms with van der Waals surface area (Å²) in [5.74, 6) is -1.47. The van der Waals surface area contributed by atoms with Crippen molar-refractivity contribution in [3.63, 3.8) is 0 Å². The zero-order valence-corrected chi connectivity index (χ0v) is 40.0. The Bertz CT molecular complexity index is 2990. The van der Waals surface area contributed by atoms with Crippen LogP contribution in [0.25, 0.3) is 10.9 Å². The number of likely N-dealkylation sites (N-methyl/N-ethyl adjacent to an activating group) is 1. The monoisotopic (exact) mass is 983 g/mol. The topological polar surface area (TPSA) is 229 Å². The molecule has 18 nitrogen and oxygen atoms in total. The summed E-state index contributed by atoms with van der Waals surface area (Å²) in [7, 11) is -3.51. The number of carbonyl (C=O) groups excluding carboxylic acids is 4. The second-order valence-electron chi connectivity index (χ2n) is 15.6. The number of fused-ring (bicyclic) bond motifs is 1. The number of aromatic nitrogens is 1. The third-order valence-corrected chi connectivity index (χ3v) is 13.6. The lowest BCUT2D eigenvalue weighted by atomic mass is 9.92. The van der Waals surface area contributed by atoms with E-state index in [1.807, 2.05) is 15.5 Å². The number of nitrogens with one attached hydrogen (secondary N) is 5. The van der Waals surface area contributed by atoms with Gasteiger partial charge in [0, 0.05) is 56.4 Å². The fourth-order valence-corrected chi connectivity index (χ4v) is 8.65. The summed E-state index contributed by atoms with van der Waals surface area (Å²) in [5.41, 5.74) is 2.96. The van der Waals surface area contributed by atoms with Gasteiger partial charge < -0.3 is 25.2 Å². The zero-order chi connectivity index (χ0) is 49.2. The number of carbonyl (C=O) groups is 4. The van der Waals surface area contributed by atoms with Crippen LogP contribution in [0, 0.1) is 0 Å². The van der Waals surface area contributed by atoms with Crippen molar-refractivity contribution in [3.8, 4) is 5.75 Å². The van der Waals surface area contributed by atoms with Gasteiger partial charge in [0.25, 0.3) is 5.91 Å². The molecule has 0 fully saturated rings. The van der Waals surface area contributed by atoms with E-state index in [4.69, 9.17) is 16.3 Å². The fourth-order valence-electron chi connectivity index (χ4n) is 7.07. The van der Waals surface area contributed by atoms with Gasteiger partial charge in [0.05, 0.1) is 29.9 Å². The average molecular weight is 985 g/mol. The van der Waals surface area contributed by atoms with E-state index >= 15 is 0 Å². The summed E-state index contributed by atoms with van der Waals surface area (Å²) in [6.45, 7) is 1.40. The van der Waals surface area contributed by atoms with Gasteiger partial charge in [0.15, 0.2) is 0 Å². The van der Waals surface area contributed by atoms with Crippen LogP contribution in [0.2, 0.25) is 5.02 Å². The van der Waals surface area contributed by atoms with E-state index in [9.17, 15) is 36.0 Å². The van der Waals surface area contributed by atoms with Crippen LogP contribution in [-0.2, 0) is 43.0 Å². The normalized spacial score (nSPS) is 12.8. The van der Waals surface area contributed by atoms with Gasteiger partial charge in [-0.3, -0.25) is 19.3 Å². The maximum Gasteiger partial charge on any atom is 0.330 e. The molecule has 0 spiro atoms. The highest BCUT2D eigenvalue weighted by Crippen LogP contribution is 2.32. The Labute approximate surface area is 400 Å². The molecule has 21 heteroatoms. The molecule has 0 aliphatic rings. The number of halogens is 1. The van der Waals surface area contributed by atoms with Gasteiger partial charge >= 0.3 is 32.5 Å². The number of pyridine rings is 1. The van der Waals surface area contributed by atoms with E-state index in [0.29, 0.717) is 28.3 Å². The second-order valence-corrected chi connectivity index (χ2v) is 19.3. The van der Waals surface area contributed by atoms with Crippen molar-refractivity contribution in [2.75, 3.05) is 42.8 Å². The van der Waals surface area contributed by atoms with Gasteiger partial charge in [-0.25, -0.2) is 19.0 Å². The Morgan fingerprint density at radius 2 is 1.37 bits per heavy atom. The zero-order valence-electron chi connectivity index (χ0n) is 37.6. The minimum Gasteiger partial charge on any atom is -0.497 e. The summed E-state index contributed by atoms with van der Waals surface area (Å²) in [5, 5.41) is 5.70. The lowest BCUT2D eigenvalue weighted by Crippen LogP contribution is -2.55. The van der Waals surface area contributed by atoms with Crippen molar-refractivity contribution in [2.45, 2.75) is 37.9 Å². The Morgan fingerprint density at radius 3 is 2.03 bits per heavy atom. The molecule has 5 aromatic carbocycles. The standard InChI is InChI=1S/C47H50ClN9O9S2/c1-31(33-16-10-7-11-17-33)43(51-47(61)54-68(64,65)55(2)3)45(59)57(36-21-24-38(66-5)25-22-36)30-35-18-12-20-40(42(35)48)52-67(62,63)53-46(60)50-41(28-32-14-8-6-9-15-32)44(58)56(4)37-23-26-39-34(29-37)19-13-27-49-39/h6-27,29,31,41,43,52H,28,30H2,1-5H3,(H2,50,53,60)(H2,51,54,61)/t31-,41+,43+/m1/s1. The minimum atomic E-state index is -4.74. The molecule has 0 aliphatic carbocycles. The van der Waals surface area contributed by atoms with Crippen LogP contribution in [0.3, 0.4) is 0 Å². The van der Waals surface area contributed by atoms with E-state index < -0.39 is 62.3 Å². The lowest BCUT2D eigenvalue weighted by molar-refractivity contribution is -0.121. The highest BCUT2D eigenvalue weighted by atomic mass is 35.5. The molecule has 0 radical (unpaired) electrons. The van der Waals surface area contributed by atoms with Crippen LogP contribution in [0.4, 0.5) is 26.7 Å². The predicted molar refractivity (Wildman–Crippen MR) is 262 cm³/mol. The van der Waals surface area contributed by atoms with E-state index in [-0.39, 0.29) is 29.2 Å². The summed E-state index contributed by atoms with van der Waals surface area (Å²) in [6, 6.07) is 32.4. The second kappa shape index (κ2) is 22.0. The van der Waals surface area contributed by atoms with E-state index in [2.05, 4.69) is 20.3 Å². The number of urea groups is 2. The molecule has 356 valence electrons. The summed E-state index contributed by atoms with van der Waals surface area (Å²) in [6.07, 6.45) is 1.68. The number of methoxy groups -OCH3 is 1. The van der Waals surface area contributed by atoms with Crippen molar-refractivity contribution in [3.05, 3.63) is 161 Å².